The largest absolute Gasteiger partial charge is 0.378 e. The third kappa shape index (κ3) is 3.46. The fourth-order valence-electron chi connectivity index (χ4n) is 3.41. The molecule has 4 atom stereocenters. The Hall–Kier alpha value is -0.120. The van der Waals surface area contributed by atoms with Gasteiger partial charge in [-0.15, -0.1) is 0 Å². The van der Waals surface area contributed by atoms with Crippen LogP contribution in [0.5, 0.6) is 0 Å². The summed E-state index contributed by atoms with van der Waals surface area (Å²) in [5.74, 6) is 1.33. The van der Waals surface area contributed by atoms with Gasteiger partial charge in [-0.1, -0.05) is 13.8 Å². The number of likely N-dealkylation sites (tertiary alicyclic amines) is 1. The number of piperidine rings is 1. The van der Waals surface area contributed by atoms with Gasteiger partial charge in [0.15, 0.2) is 0 Å². The average molecular weight is 254 g/mol. The summed E-state index contributed by atoms with van der Waals surface area (Å²) in [7, 11) is 0. The van der Waals surface area contributed by atoms with Gasteiger partial charge in [-0.2, -0.15) is 0 Å². The molecular formula is C15H30N2O. The Labute approximate surface area is 112 Å². The van der Waals surface area contributed by atoms with Gasteiger partial charge in [-0.05, 0) is 51.0 Å². The summed E-state index contributed by atoms with van der Waals surface area (Å²) < 4.78 is 5.88. The van der Waals surface area contributed by atoms with Crippen LogP contribution >= 0.6 is 0 Å². The Morgan fingerprint density at radius 1 is 1.22 bits per heavy atom. The molecule has 0 bridgehead atoms. The third-order valence-electron chi connectivity index (χ3n) is 4.78. The lowest BCUT2D eigenvalue weighted by Gasteiger charge is -2.43. The van der Waals surface area contributed by atoms with Crippen LogP contribution in [0.3, 0.4) is 0 Å². The number of hydrogen-bond acceptors (Lipinski definition) is 3. The molecule has 2 aliphatic rings. The van der Waals surface area contributed by atoms with Crippen LogP contribution in [0.4, 0.5) is 0 Å². The van der Waals surface area contributed by atoms with E-state index in [0.29, 0.717) is 24.0 Å². The smallest absolute Gasteiger partial charge is 0.0612 e. The van der Waals surface area contributed by atoms with Crippen LogP contribution in [0.15, 0.2) is 0 Å². The molecule has 0 amide bonds. The predicted molar refractivity (Wildman–Crippen MR) is 75.5 cm³/mol. The van der Waals surface area contributed by atoms with Crippen LogP contribution in [0, 0.1) is 11.8 Å². The Morgan fingerprint density at radius 3 is 2.67 bits per heavy atom. The second-order valence-electron chi connectivity index (χ2n) is 6.59. The summed E-state index contributed by atoms with van der Waals surface area (Å²) in [6, 6.07) is 1.07. The fraction of sp³-hybridized carbons (Fsp3) is 1.00. The van der Waals surface area contributed by atoms with Gasteiger partial charge in [0.1, 0.15) is 0 Å². The van der Waals surface area contributed by atoms with Crippen LogP contribution in [-0.4, -0.2) is 42.8 Å². The molecule has 2 heterocycles. The lowest BCUT2D eigenvalue weighted by Crippen LogP contribution is -2.50. The summed E-state index contributed by atoms with van der Waals surface area (Å²) in [4.78, 5) is 2.69. The molecule has 2 aliphatic heterocycles. The van der Waals surface area contributed by atoms with E-state index in [9.17, 15) is 0 Å². The predicted octanol–water partition coefficient (Wildman–Crippen LogP) is 2.25. The van der Waals surface area contributed by atoms with Crippen molar-refractivity contribution in [3.8, 4) is 0 Å². The van der Waals surface area contributed by atoms with Crippen molar-refractivity contribution in [3.63, 3.8) is 0 Å². The highest BCUT2D eigenvalue weighted by molar-refractivity contribution is 4.86. The van der Waals surface area contributed by atoms with Crippen LogP contribution in [0.25, 0.3) is 0 Å². The van der Waals surface area contributed by atoms with Crippen molar-refractivity contribution in [3.05, 3.63) is 0 Å². The minimum absolute atomic E-state index is 0.341. The van der Waals surface area contributed by atoms with Crippen molar-refractivity contribution >= 4 is 0 Å². The molecule has 0 saturated carbocycles. The quantitative estimate of drug-likeness (QED) is 0.839. The Balaban J connectivity index is 1.90. The molecule has 2 rings (SSSR count). The van der Waals surface area contributed by atoms with Gasteiger partial charge in [0.05, 0.1) is 6.10 Å². The molecule has 0 aromatic heterocycles. The Morgan fingerprint density at radius 2 is 2.00 bits per heavy atom. The van der Waals surface area contributed by atoms with E-state index in [1.54, 1.807) is 0 Å². The molecule has 3 heteroatoms. The maximum absolute atomic E-state index is 6.08. The molecule has 0 aromatic rings. The van der Waals surface area contributed by atoms with Gasteiger partial charge in [0.25, 0.3) is 0 Å². The minimum Gasteiger partial charge on any atom is -0.378 e. The summed E-state index contributed by atoms with van der Waals surface area (Å²) in [5, 5.41) is 0. The van der Waals surface area contributed by atoms with Gasteiger partial charge in [0.2, 0.25) is 0 Å². The molecule has 0 spiro atoms. The van der Waals surface area contributed by atoms with E-state index < -0.39 is 0 Å². The van der Waals surface area contributed by atoms with E-state index in [1.807, 2.05) is 0 Å². The van der Waals surface area contributed by atoms with Gasteiger partial charge in [0, 0.05) is 25.2 Å². The first-order valence-electron chi connectivity index (χ1n) is 7.69. The van der Waals surface area contributed by atoms with Crippen LogP contribution in [0.1, 0.15) is 46.5 Å². The highest BCUT2D eigenvalue weighted by Crippen LogP contribution is 2.28. The summed E-state index contributed by atoms with van der Waals surface area (Å²) in [5.41, 5.74) is 6.08. The normalized spacial score (nSPS) is 36.8. The highest BCUT2D eigenvalue weighted by Gasteiger charge is 2.32. The molecule has 0 aromatic carbocycles. The third-order valence-corrected chi connectivity index (χ3v) is 4.78. The van der Waals surface area contributed by atoms with Gasteiger partial charge in [-0.25, -0.2) is 0 Å². The maximum Gasteiger partial charge on any atom is 0.0612 e. The zero-order chi connectivity index (χ0) is 13.1. The molecule has 18 heavy (non-hydrogen) atoms. The average Bonchev–Trinajstić information content (AvgIpc) is 2.39. The number of nitrogens with zero attached hydrogens (tertiary/aromatic N) is 1. The second-order valence-corrected chi connectivity index (χ2v) is 6.59. The van der Waals surface area contributed by atoms with Gasteiger partial charge in [-0.3, -0.25) is 4.90 Å². The number of nitrogens with two attached hydrogens (primary N) is 1. The van der Waals surface area contributed by atoms with Crippen molar-refractivity contribution < 1.29 is 4.74 Å². The minimum atomic E-state index is 0.341. The van der Waals surface area contributed by atoms with Crippen LogP contribution in [-0.2, 0) is 4.74 Å². The van der Waals surface area contributed by atoms with E-state index >= 15 is 0 Å². The Kier molecular flexibility index (Phi) is 5.05. The van der Waals surface area contributed by atoms with E-state index in [1.165, 1.54) is 38.8 Å². The molecule has 2 N–H and O–H groups in total. The van der Waals surface area contributed by atoms with Crippen molar-refractivity contribution in [2.24, 2.45) is 17.6 Å². The van der Waals surface area contributed by atoms with Crippen LogP contribution in [0.2, 0.25) is 0 Å². The van der Waals surface area contributed by atoms with Gasteiger partial charge < -0.3 is 10.5 Å². The fourth-order valence-corrected chi connectivity index (χ4v) is 3.41. The molecule has 0 radical (unpaired) electrons. The molecule has 2 fully saturated rings. The topological polar surface area (TPSA) is 38.5 Å². The number of hydrogen-bond donors (Lipinski definition) is 1. The first-order chi connectivity index (χ1) is 8.58. The molecule has 3 nitrogen and oxygen atoms in total. The zero-order valence-corrected chi connectivity index (χ0v) is 12.3. The lowest BCUT2D eigenvalue weighted by atomic mass is 9.88. The monoisotopic (exact) mass is 254 g/mol. The van der Waals surface area contributed by atoms with Gasteiger partial charge >= 0.3 is 0 Å². The molecule has 2 saturated heterocycles. The molecule has 0 unspecified atom stereocenters. The summed E-state index contributed by atoms with van der Waals surface area (Å²) in [6.45, 7) is 10.1. The lowest BCUT2D eigenvalue weighted by molar-refractivity contribution is -0.0554. The van der Waals surface area contributed by atoms with Crippen molar-refractivity contribution in [2.45, 2.75) is 64.6 Å². The first kappa shape index (κ1) is 14.3. The zero-order valence-electron chi connectivity index (χ0n) is 12.3. The van der Waals surface area contributed by atoms with Crippen molar-refractivity contribution in [2.75, 3.05) is 19.7 Å². The van der Waals surface area contributed by atoms with E-state index in [2.05, 4.69) is 25.7 Å². The number of rotatable bonds is 3. The van der Waals surface area contributed by atoms with E-state index in [0.717, 1.165) is 12.6 Å². The molecular weight excluding hydrogens is 224 g/mol. The second kappa shape index (κ2) is 6.36. The number of ether oxygens (including phenoxy) is 1. The van der Waals surface area contributed by atoms with Crippen molar-refractivity contribution in [1.29, 1.82) is 0 Å². The van der Waals surface area contributed by atoms with Crippen molar-refractivity contribution in [1.82, 2.24) is 4.90 Å². The highest BCUT2D eigenvalue weighted by atomic mass is 16.5. The standard InChI is InChI=1S/C15H30N2O/c1-11(2)15-9-14(6-8-18-15)17-7-4-5-13(10-17)12(3)16/h11-15H,4-10,16H2,1-3H3/t12-,13+,14+,15-/m0/s1. The van der Waals surface area contributed by atoms with E-state index in [4.69, 9.17) is 10.5 Å². The van der Waals surface area contributed by atoms with Crippen LogP contribution < -0.4 is 5.73 Å². The summed E-state index contributed by atoms with van der Waals surface area (Å²) >= 11 is 0. The SMILES string of the molecule is CC(C)[C@@H]1C[C@H](N2CCC[C@@H]([C@H](C)N)C2)CCO1. The van der Waals surface area contributed by atoms with E-state index in [-0.39, 0.29) is 0 Å². The first-order valence-corrected chi connectivity index (χ1v) is 7.69. The maximum atomic E-state index is 6.08. The summed E-state index contributed by atoms with van der Waals surface area (Å²) in [6.07, 6.45) is 5.50. The Bertz CT molecular complexity index is 229. The molecule has 0 aliphatic carbocycles. The molecule has 106 valence electrons.